The molecule has 0 spiro atoms. The van der Waals surface area contributed by atoms with Gasteiger partial charge in [0.25, 0.3) is 0 Å². The van der Waals surface area contributed by atoms with Crippen LogP contribution in [0.4, 0.5) is 0 Å². The number of rotatable bonds is 7. The summed E-state index contributed by atoms with van der Waals surface area (Å²) in [6.07, 6.45) is 3.18. The molecule has 1 heterocycles. The van der Waals surface area contributed by atoms with Gasteiger partial charge in [0.2, 0.25) is 5.91 Å². The van der Waals surface area contributed by atoms with Crippen LogP contribution in [0.25, 0.3) is 0 Å². The first-order valence-corrected chi connectivity index (χ1v) is 10.9. The second-order valence-electron chi connectivity index (χ2n) is 6.49. The summed E-state index contributed by atoms with van der Waals surface area (Å²) in [5.74, 6) is 0.394. The molecule has 0 atom stereocenters. The van der Waals surface area contributed by atoms with Gasteiger partial charge in [-0.05, 0) is 36.3 Å². The Morgan fingerprint density at radius 2 is 1.87 bits per heavy atom. The third kappa shape index (κ3) is 4.98. The van der Waals surface area contributed by atoms with Crippen LogP contribution in [0.5, 0.6) is 0 Å². The maximum Gasteiger partial charge on any atom is 0.222 e. The van der Waals surface area contributed by atoms with Gasteiger partial charge in [0.1, 0.15) is 0 Å². The normalized spacial score (nSPS) is 15.7. The quantitative estimate of drug-likeness (QED) is 0.706. The van der Waals surface area contributed by atoms with Crippen molar-refractivity contribution in [1.82, 2.24) is 4.90 Å². The van der Waals surface area contributed by atoms with Gasteiger partial charge in [0, 0.05) is 24.4 Å². The van der Waals surface area contributed by atoms with Gasteiger partial charge < -0.3 is 4.90 Å². The van der Waals surface area contributed by atoms with Gasteiger partial charge in [-0.25, -0.2) is 8.42 Å². The fourth-order valence-corrected chi connectivity index (χ4v) is 5.09. The van der Waals surface area contributed by atoms with Crippen LogP contribution < -0.4 is 0 Å². The molecule has 1 saturated heterocycles. The Hall–Kier alpha value is -1.01. The minimum Gasteiger partial charge on any atom is -0.340 e. The Morgan fingerprint density at radius 1 is 1.26 bits per heavy atom. The smallest absolute Gasteiger partial charge is 0.222 e. The summed E-state index contributed by atoms with van der Waals surface area (Å²) in [5, 5.41) is -0.366. The third-order valence-corrected chi connectivity index (χ3v) is 7.25. The van der Waals surface area contributed by atoms with Crippen molar-refractivity contribution in [1.29, 1.82) is 0 Å². The largest absolute Gasteiger partial charge is 0.340 e. The number of amides is 1. The molecule has 2 rings (SSSR count). The van der Waals surface area contributed by atoms with E-state index in [0.717, 1.165) is 5.56 Å². The Balaban J connectivity index is 1.78. The number of likely N-dealkylation sites (tertiary alicyclic amines) is 1. The molecule has 1 aromatic carbocycles. The van der Waals surface area contributed by atoms with E-state index in [2.05, 4.69) is 12.1 Å². The van der Waals surface area contributed by atoms with Crippen LogP contribution >= 0.6 is 11.8 Å². The molecule has 0 radical (unpaired) electrons. The highest BCUT2D eigenvalue weighted by atomic mass is 32.2. The van der Waals surface area contributed by atoms with Gasteiger partial charge in [-0.3, -0.25) is 4.79 Å². The van der Waals surface area contributed by atoms with Crippen LogP contribution in [0.1, 0.15) is 25.8 Å². The van der Waals surface area contributed by atoms with Crippen molar-refractivity contribution in [3.63, 3.8) is 0 Å². The molecule has 0 N–H and O–H groups in total. The van der Waals surface area contributed by atoms with Crippen molar-refractivity contribution in [2.24, 2.45) is 5.92 Å². The average Bonchev–Trinajstić information content (AvgIpc) is 2.42. The van der Waals surface area contributed by atoms with E-state index in [0.29, 0.717) is 25.9 Å². The Bertz CT molecular complexity index is 632. The van der Waals surface area contributed by atoms with E-state index >= 15 is 0 Å². The lowest BCUT2D eigenvalue weighted by Crippen LogP contribution is -2.57. The zero-order valence-corrected chi connectivity index (χ0v) is 15.6. The van der Waals surface area contributed by atoms with Crippen LogP contribution in [-0.2, 0) is 21.1 Å². The summed E-state index contributed by atoms with van der Waals surface area (Å²) in [6, 6.07) is 8.21. The minimum atomic E-state index is -3.06. The predicted octanol–water partition coefficient (Wildman–Crippen LogP) is 2.62. The molecule has 1 amide bonds. The molecule has 1 aliphatic rings. The average molecular weight is 356 g/mol. The Labute approximate surface area is 143 Å². The number of carbonyl (C=O) groups is 1. The number of benzene rings is 1. The molecule has 4 nitrogen and oxygen atoms in total. The van der Waals surface area contributed by atoms with Crippen molar-refractivity contribution >= 4 is 27.5 Å². The van der Waals surface area contributed by atoms with E-state index in [1.54, 1.807) is 16.7 Å². The summed E-state index contributed by atoms with van der Waals surface area (Å²) in [7, 11) is -3.06. The molecule has 23 heavy (non-hydrogen) atoms. The van der Waals surface area contributed by atoms with E-state index in [1.165, 1.54) is 4.90 Å². The zero-order valence-electron chi connectivity index (χ0n) is 14.0. The highest BCUT2D eigenvalue weighted by Crippen LogP contribution is 2.21. The second-order valence-corrected chi connectivity index (χ2v) is 9.70. The first-order valence-electron chi connectivity index (χ1n) is 7.94. The lowest BCUT2D eigenvalue weighted by Gasteiger charge is -2.39. The number of nitrogens with zero attached hydrogens (tertiary/aromatic N) is 1. The van der Waals surface area contributed by atoms with Crippen molar-refractivity contribution in [2.45, 2.75) is 36.8 Å². The van der Waals surface area contributed by atoms with Gasteiger partial charge in [-0.2, -0.15) is 0 Å². The molecule has 1 aromatic rings. The van der Waals surface area contributed by atoms with Gasteiger partial charge >= 0.3 is 0 Å². The van der Waals surface area contributed by atoms with Gasteiger partial charge in [0.05, 0.1) is 11.0 Å². The van der Waals surface area contributed by atoms with E-state index in [-0.39, 0.29) is 22.8 Å². The summed E-state index contributed by atoms with van der Waals surface area (Å²) in [5.41, 5.74) is 1.14. The highest BCUT2D eigenvalue weighted by Gasteiger charge is 2.39. The van der Waals surface area contributed by atoms with E-state index in [9.17, 15) is 13.2 Å². The molecule has 0 aliphatic carbocycles. The van der Waals surface area contributed by atoms with E-state index < -0.39 is 9.84 Å². The topological polar surface area (TPSA) is 54.5 Å². The highest BCUT2D eigenvalue weighted by molar-refractivity contribution is 7.98. The molecule has 0 saturated carbocycles. The fraction of sp³-hybridized carbons (Fsp3) is 0.588. The van der Waals surface area contributed by atoms with Crippen LogP contribution in [0.3, 0.4) is 0 Å². The molecule has 1 fully saturated rings. The minimum absolute atomic E-state index is 0.0509. The maximum absolute atomic E-state index is 12.1. The molecule has 0 unspecified atom stereocenters. The van der Waals surface area contributed by atoms with Crippen molar-refractivity contribution < 1.29 is 13.2 Å². The predicted molar refractivity (Wildman–Crippen MR) is 95.5 cm³/mol. The Morgan fingerprint density at radius 3 is 2.39 bits per heavy atom. The molecule has 128 valence electrons. The lowest BCUT2D eigenvalue weighted by molar-refractivity contribution is -0.134. The number of sulfone groups is 1. The van der Waals surface area contributed by atoms with Crippen molar-refractivity contribution in [2.75, 3.05) is 25.1 Å². The standard InChI is InChI=1S/C17H25NO3S2/c1-13(2)12-23(20,21)16-10-18(11-16)17(19)9-6-14-4-7-15(22-3)8-5-14/h4-5,7-8,13,16H,6,9-12H2,1-3H3. The number of aryl methyl sites for hydroxylation is 1. The zero-order chi connectivity index (χ0) is 17.0. The van der Waals surface area contributed by atoms with Crippen LogP contribution in [0.2, 0.25) is 0 Å². The molecule has 1 aliphatic heterocycles. The van der Waals surface area contributed by atoms with E-state index in [1.807, 2.05) is 32.2 Å². The lowest BCUT2D eigenvalue weighted by atomic mass is 10.1. The molecule has 0 bridgehead atoms. The van der Waals surface area contributed by atoms with Gasteiger partial charge in [-0.15, -0.1) is 11.8 Å². The fourth-order valence-electron chi connectivity index (χ4n) is 2.67. The van der Waals surface area contributed by atoms with Crippen LogP contribution in [-0.4, -0.2) is 49.6 Å². The van der Waals surface area contributed by atoms with Gasteiger partial charge in [0.15, 0.2) is 9.84 Å². The monoisotopic (exact) mass is 355 g/mol. The second kappa shape index (κ2) is 7.71. The van der Waals surface area contributed by atoms with Crippen molar-refractivity contribution in [3.8, 4) is 0 Å². The van der Waals surface area contributed by atoms with Crippen LogP contribution in [0.15, 0.2) is 29.2 Å². The number of carbonyl (C=O) groups excluding carboxylic acids is 1. The number of hydrogen-bond donors (Lipinski definition) is 0. The van der Waals surface area contributed by atoms with Crippen molar-refractivity contribution in [3.05, 3.63) is 29.8 Å². The first kappa shape index (κ1) is 18.3. The van der Waals surface area contributed by atoms with Crippen LogP contribution in [0, 0.1) is 5.92 Å². The summed E-state index contributed by atoms with van der Waals surface area (Å²) < 4.78 is 24.2. The summed E-state index contributed by atoms with van der Waals surface area (Å²) in [4.78, 5) is 15.0. The third-order valence-electron chi connectivity index (χ3n) is 4.06. The SMILES string of the molecule is CSc1ccc(CCC(=O)N2CC(S(=O)(=O)CC(C)C)C2)cc1. The van der Waals surface area contributed by atoms with Gasteiger partial charge in [-0.1, -0.05) is 26.0 Å². The van der Waals surface area contributed by atoms with E-state index in [4.69, 9.17) is 0 Å². The summed E-state index contributed by atoms with van der Waals surface area (Å²) >= 11 is 1.69. The Kier molecular flexibility index (Phi) is 6.14. The first-order chi connectivity index (χ1) is 10.8. The molecular formula is C17H25NO3S2. The number of hydrogen-bond acceptors (Lipinski definition) is 4. The maximum atomic E-state index is 12.1. The number of thioether (sulfide) groups is 1. The summed E-state index contributed by atoms with van der Waals surface area (Å²) in [6.45, 7) is 4.53. The molecule has 0 aromatic heterocycles. The molecule has 6 heteroatoms. The molecular weight excluding hydrogens is 330 g/mol.